The van der Waals surface area contributed by atoms with Crippen molar-refractivity contribution in [3.63, 3.8) is 0 Å². The fourth-order valence-electron chi connectivity index (χ4n) is 1.62. The summed E-state index contributed by atoms with van der Waals surface area (Å²) in [5.41, 5.74) is 0.790. The molecule has 0 bridgehead atoms. The van der Waals surface area contributed by atoms with Gasteiger partial charge in [-0.2, -0.15) is 5.26 Å². The number of rotatable bonds is 4. The first-order valence-electron chi connectivity index (χ1n) is 6.53. The first-order chi connectivity index (χ1) is 9.73. The van der Waals surface area contributed by atoms with Gasteiger partial charge in [-0.25, -0.2) is 4.79 Å². The third kappa shape index (κ3) is 6.05. The molecule has 1 aromatic rings. The molecule has 0 aliphatic rings. The summed E-state index contributed by atoms with van der Waals surface area (Å²) in [6.07, 6.45) is -0.487. The summed E-state index contributed by atoms with van der Waals surface area (Å²) >= 11 is 3.34. The zero-order chi connectivity index (χ0) is 16.0. The third-order valence-electron chi connectivity index (χ3n) is 2.38. The summed E-state index contributed by atoms with van der Waals surface area (Å²) in [6.45, 7) is 7.82. The second-order valence-electron chi connectivity index (χ2n) is 5.49. The van der Waals surface area contributed by atoms with Gasteiger partial charge >= 0.3 is 6.09 Å². The molecule has 114 valence electrons. The molecule has 1 aromatic carbocycles. The molecule has 5 nitrogen and oxygen atoms in total. The number of nitriles is 1. The molecule has 6 heteroatoms. The number of nitrogens with zero attached hydrogens (tertiary/aromatic N) is 1. The van der Waals surface area contributed by atoms with E-state index < -0.39 is 11.7 Å². The Morgan fingerprint density at radius 1 is 1.43 bits per heavy atom. The molecule has 0 aliphatic carbocycles. The van der Waals surface area contributed by atoms with Crippen molar-refractivity contribution < 1.29 is 14.3 Å². The van der Waals surface area contributed by atoms with Crippen LogP contribution < -0.4 is 10.1 Å². The van der Waals surface area contributed by atoms with Crippen LogP contribution in [0.2, 0.25) is 0 Å². The van der Waals surface area contributed by atoms with E-state index in [2.05, 4.69) is 27.3 Å². The van der Waals surface area contributed by atoms with E-state index in [-0.39, 0.29) is 6.61 Å². The van der Waals surface area contributed by atoms with Crippen molar-refractivity contribution in [3.05, 3.63) is 27.7 Å². The quantitative estimate of drug-likeness (QED) is 0.839. The molecule has 0 spiro atoms. The number of hydrogen-bond acceptors (Lipinski definition) is 4. The molecular formula is C15H19BrN2O3. The predicted octanol–water partition coefficient (Wildman–Crippen LogP) is 3.53. The second-order valence-corrected chi connectivity index (χ2v) is 6.40. The van der Waals surface area contributed by atoms with Crippen LogP contribution in [0.1, 0.15) is 31.9 Å². The number of hydrogen-bond donors (Lipinski definition) is 1. The van der Waals surface area contributed by atoms with Crippen molar-refractivity contribution >= 4 is 22.0 Å². The predicted molar refractivity (Wildman–Crippen MR) is 83.3 cm³/mol. The number of alkyl carbamates (subject to hydrolysis) is 1. The highest BCUT2D eigenvalue weighted by atomic mass is 79.9. The van der Waals surface area contributed by atoms with Crippen molar-refractivity contribution in [2.24, 2.45) is 0 Å². The molecule has 0 radical (unpaired) electrons. The van der Waals surface area contributed by atoms with Crippen molar-refractivity contribution in [2.45, 2.75) is 33.3 Å². The largest absolute Gasteiger partial charge is 0.490 e. The van der Waals surface area contributed by atoms with Gasteiger partial charge in [0.25, 0.3) is 0 Å². The molecule has 0 heterocycles. The minimum Gasteiger partial charge on any atom is -0.490 e. The summed E-state index contributed by atoms with van der Waals surface area (Å²) in [5, 5.41) is 11.7. The van der Waals surface area contributed by atoms with E-state index in [0.29, 0.717) is 17.9 Å². The average molecular weight is 355 g/mol. The lowest BCUT2D eigenvalue weighted by Gasteiger charge is -2.19. The number of aryl methyl sites for hydroxylation is 1. The number of nitrogens with one attached hydrogen (secondary N) is 1. The number of halogens is 1. The van der Waals surface area contributed by atoms with Gasteiger partial charge in [-0.15, -0.1) is 0 Å². The van der Waals surface area contributed by atoms with Crippen LogP contribution in [0.5, 0.6) is 5.75 Å². The van der Waals surface area contributed by atoms with Gasteiger partial charge in [-0.05, 0) is 45.4 Å². The first kappa shape index (κ1) is 17.3. The highest BCUT2D eigenvalue weighted by molar-refractivity contribution is 9.10. The van der Waals surface area contributed by atoms with Gasteiger partial charge in [-0.3, -0.25) is 0 Å². The van der Waals surface area contributed by atoms with Crippen molar-refractivity contribution in [1.82, 2.24) is 5.32 Å². The van der Waals surface area contributed by atoms with Crippen molar-refractivity contribution in [2.75, 3.05) is 13.2 Å². The maximum absolute atomic E-state index is 11.5. The topological polar surface area (TPSA) is 71.3 Å². The van der Waals surface area contributed by atoms with Gasteiger partial charge in [-0.1, -0.05) is 15.9 Å². The number of carbonyl (C=O) groups excluding carboxylic acids is 1. The molecule has 0 saturated heterocycles. The zero-order valence-electron chi connectivity index (χ0n) is 12.6. The molecule has 0 aliphatic heterocycles. The van der Waals surface area contributed by atoms with Gasteiger partial charge in [0.15, 0.2) is 0 Å². The molecule has 0 atom stereocenters. The highest BCUT2D eigenvalue weighted by Gasteiger charge is 2.15. The van der Waals surface area contributed by atoms with Crippen LogP contribution in [-0.4, -0.2) is 24.8 Å². The van der Waals surface area contributed by atoms with E-state index in [1.807, 2.05) is 13.0 Å². The van der Waals surface area contributed by atoms with Gasteiger partial charge in [0.2, 0.25) is 0 Å². The Morgan fingerprint density at radius 2 is 2.10 bits per heavy atom. The van der Waals surface area contributed by atoms with Crippen LogP contribution in [0, 0.1) is 18.3 Å². The monoisotopic (exact) mass is 354 g/mol. The van der Waals surface area contributed by atoms with Crippen LogP contribution >= 0.6 is 15.9 Å². The lowest BCUT2D eigenvalue weighted by Crippen LogP contribution is -2.34. The minimum atomic E-state index is -0.527. The normalized spacial score (nSPS) is 10.7. The van der Waals surface area contributed by atoms with E-state index >= 15 is 0 Å². The second kappa shape index (κ2) is 7.32. The number of benzene rings is 1. The molecule has 1 N–H and O–H groups in total. The Balaban J connectivity index is 2.51. The van der Waals surface area contributed by atoms with Crippen molar-refractivity contribution in [3.8, 4) is 11.8 Å². The van der Waals surface area contributed by atoms with E-state index in [9.17, 15) is 4.79 Å². The van der Waals surface area contributed by atoms with Crippen LogP contribution in [0.15, 0.2) is 16.6 Å². The summed E-state index contributed by atoms with van der Waals surface area (Å²) in [5.74, 6) is 0.534. The Kier molecular flexibility index (Phi) is 6.03. The number of amides is 1. The third-order valence-corrected chi connectivity index (χ3v) is 2.83. The van der Waals surface area contributed by atoms with Crippen LogP contribution in [0.4, 0.5) is 4.79 Å². The average Bonchev–Trinajstić information content (AvgIpc) is 2.33. The van der Waals surface area contributed by atoms with Gasteiger partial charge in [0, 0.05) is 4.47 Å². The molecule has 1 rings (SSSR count). The zero-order valence-corrected chi connectivity index (χ0v) is 14.2. The lowest BCUT2D eigenvalue weighted by atomic mass is 10.1. The van der Waals surface area contributed by atoms with Crippen LogP contribution in [0.3, 0.4) is 0 Å². The summed E-state index contributed by atoms with van der Waals surface area (Å²) in [7, 11) is 0. The fraction of sp³-hybridized carbons (Fsp3) is 0.467. The number of ether oxygens (including phenoxy) is 2. The highest BCUT2D eigenvalue weighted by Crippen LogP contribution is 2.27. The Labute approximate surface area is 133 Å². The Hall–Kier alpha value is -1.74. The van der Waals surface area contributed by atoms with E-state index in [1.54, 1.807) is 26.8 Å². The van der Waals surface area contributed by atoms with E-state index in [1.165, 1.54) is 0 Å². The lowest BCUT2D eigenvalue weighted by molar-refractivity contribution is 0.0520. The smallest absolute Gasteiger partial charge is 0.407 e. The molecule has 21 heavy (non-hydrogen) atoms. The summed E-state index contributed by atoms with van der Waals surface area (Å²) in [4.78, 5) is 11.5. The fourth-order valence-corrected chi connectivity index (χ4v) is 2.20. The Bertz CT molecular complexity index is 559. The molecule has 1 amide bonds. The molecule has 0 saturated carbocycles. The molecule has 0 fully saturated rings. The SMILES string of the molecule is Cc1cc(Br)cc(C#N)c1OCCNC(=O)OC(C)(C)C. The molecule has 0 aromatic heterocycles. The molecule has 0 unspecified atom stereocenters. The van der Waals surface area contributed by atoms with E-state index in [4.69, 9.17) is 14.7 Å². The first-order valence-corrected chi connectivity index (χ1v) is 7.32. The van der Waals surface area contributed by atoms with Gasteiger partial charge in [0.1, 0.15) is 24.0 Å². The Morgan fingerprint density at radius 3 is 2.67 bits per heavy atom. The van der Waals surface area contributed by atoms with Gasteiger partial charge in [0.05, 0.1) is 12.1 Å². The maximum Gasteiger partial charge on any atom is 0.407 e. The summed E-state index contributed by atoms with van der Waals surface area (Å²) in [6, 6.07) is 5.66. The van der Waals surface area contributed by atoms with Crippen LogP contribution in [-0.2, 0) is 4.74 Å². The van der Waals surface area contributed by atoms with Crippen LogP contribution in [0.25, 0.3) is 0 Å². The van der Waals surface area contributed by atoms with E-state index in [0.717, 1.165) is 10.0 Å². The minimum absolute atomic E-state index is 0.260. The van der Waals surface area contributed by atoms with Gasteiger partial charge < -0.3 is 14.8 Å². The number of carbonyl (C=O) groups is 1. The standard InChI is InChI=1S/C15H19BrN2O3/c1-10-7-12(16)8-11(9-17)13(10)20-6-5-18-14(19)21-15(2,3)4/h7-8H,5-6H2,1-4H3,(H,18,19). The van der Waals surface area contributed by atoms with Crippen molar-refractivity contribution in [1.29, 1.82) is 5.26 Å². The molecular weight excluding hydrogens is 336 g/mol. The maximum atomic E-state index is 11.5. The summed E-state index contributed by atoms with van der Waals surface area (Å²) < 4.78 is 11.5.